The molecule has 5 heteroatoms. The molecule has 96 valence electrons. The maximum Gasteiger partial charge on any atom is 0.249 e. The summed E-state index contributed by atoms with van der Waals surface area (Å²) in [4.78, 5) is 16.0. The molecule has 0 aliphatic carbocycles. The van der Waals surface area contributed by atoms with E-state index in [0.717, 1.165) is 24.9 Å². The number of carbonyl (C=O) groups is 1. The van der Waals surface area contributed by atoms with Crippen molar-refractivity contribution in [1.29, 1.82) is 0 Å². The molecule has 1 amide bonds. The Balaban J connectivity index is 1.50. The lowest BCUT2D eigenvalue weighted by Crippen LogP contribution is -2.35. The summed E-state index contributed by atoms with van der Waals surface area (Å²) in [5, 5.41) is 6.26. The minimum Gasteiger partial charge on any atom is -0.363 e. The number of hydrogen-bond donors (Lipinski definition) is 2. The van der Waals surface area contributed by atoms with Gasteiger partial charge in [-0.2, -0.15) is 0 Å². The van der Waals surface area contributed by atoms with Crippen LogP contribution < -0.4 is 10.6 Å². The molecule has 3 heterocycles. The van der Waals surface area contributed by atoms with Gasteiger partial charge in [-0.3, -0.25) is 9.78 Å². The largest absolute Gasteiger partial charge is 0.363 e. The number of nitrogens with one attached hydrogen (secondary N) is 2. The Morgan fingerprint density at radius 1 is 1.61 bits per heavy atom. The molecule has 0 spiro atoms. The normalized spacial score (nSPS) is 30.1. The van der Waals surface area contributed by atoms with Crippen LogP contribution in [-0.4, -0.2) is 35.7 Å². The van der Waals surface area contributed by atoms with Gasteiger partial charge in [0.25, 0.3) is 0 Å². The number of fused-ring (bicyclic) bond motifs is 1. The first-order valence-electron chi connectivity index (χ1n) is 6.38. The van der Waals surface area contributed by atoms with Gasteiger partial charge in [0.15, 0.2) is 0 Å². The van der Waals surface area contributed by atoms with Crippen LogP contribution >= 0.6 is 0 Å². The van der Waals surface area contributed by atoms with E-state index in [1.54, 1.807) is 12.4 Å². The zero-order valence-electron chi connectivity index (χ0n) is 10.1. The van der Waals surface area contributed by atoms with Crippen molar-refractivity contribution in [3.8, 4) is 0 Å². The molecule has 0 unspecified atom stereocenters. The quantitative estimate of drug-likeness (QED) is 0.802. The van der Waals surface area contributed by atoms with Crippen molar-refractivity contribution in [2.45, 2.75) is 37.6 Å². The van der Waals surface area contributed by atoms with Crippen LogP contribution in [0.1, 0.15) is 18.4 Å². The van der Waals surface area contributed by atoms with Gasteiger partial charge in [-0.25, -0.2) is 0 Å². The molecule has 0 bridgehead atoms. The first kappa shape index (κ1) is 11.6. The lowest BCUT2D eigenvalue weighted by atomic mass is 10.1. The molecule has 2 aliphatic rings. The molecule has 18 heavy (non-hydrogen) atoms. The van der Waals surface area contributed by atoms with E-state index in [4.69, 9.17) is 4.74 Å². The Bertz CT molecular complexity index is 412. The van der Waals surface area contributed by atoms with E-state index >= 15 is 0 Å². The highest BCUT2D eigenvalue weighted by molar-refractivity contribution is 5.81. The monoisotopic (exact) mass is 247 g/mol. The van der Waals surface area contributed by atoms with E-state index < -0.39 is 0 Å². The van der Waals surface area contributed by atoms with E-state index in [-0.39, 0.29) is 18.1 Å². The molecule has 0 aromatic carbocycles. The number of aromatic nitrogens is 1. The molecule has 2 aliphatic heterocycles. The molecule has 3 atom stereocenters. The van der Waals surface area contributed by atoms with Gasteiger partial charge in [-0.05, 0) is 24.6 Å². The molecule has 2 fully saturated rings. The SMILES string of the molecule is O=C(NCc1cccnc1)[C@@H]1C[C@H]2NCC[C@H]2O1. The van der Waals surface area contributed by atoms with Gasteiger partial charge in [0.05, 0.1) is 6.10 Å². The van der Waals surface area contributed by atoms with Gasteiger partial charge in [0.1, 0.15) is 6.10 Å². The average Bonchev–Trinajstić information content (AvgIpc) is 2.98. The predicted molar refractivity (Wildman–Crippen MR) is 65.8 cm³/mol. The zero-order valence-corrected chi connectivity index (χ0v) is 10.1. The van der Waals surface area contributed by atoms with Gasteiger partial charge in [-0.1, -0.05) is 6.07 Å². The number of pyridine rings is 1. The van der Waals surface area contributed by atoms with Crippen molar-refractivity contribution in [3.05, 3.63) is 30.1 Å². The van der Waals surface area contributed by atoms with Crippen molar-refractivity contribution < 1.29 is 9.53 Å². The maximum atomic E-state index is 12.0. The van der Waals surface area contributed by atoms with E-state index in [1.165, 1.54) is 0 Å². The third kappa shape index (κ3) is 2.37. The van der Waals surface area contributed by atoms with Crippen molar-refractivity contribution in [1.82, 2.24) is 15.6 Å². The van der Waals surface area contributed by atoms with Gasteiger partial charge in [-0.15, -0.1) is 0 Å². The fraction of sp³-hybridized carbons (Fsp3) is 0.538. The fourth-order valence-corrected chi connectivity index (χ4v) is 2.61. The summed E-state index contributed by atoms with van der Waals surface area (Å²) in [6, 6.07) is 4.17. The van der Waals surface area contributed by atoms with Crippen LogP contribution in [0.3, 0.4) is 0 Å². The summed E-state index contributed by atoms with van der Waals surface area (Å²) >= 11 is 0. The minimum absolute atomic E-state index is 0.0185. The molecule has 2 saturated heterocycles. The van der Waals surface area contributed by atoms with Crippen LogP contribution in [0.15, 0.2) is 24.5 Å². The van der Waals surface area contributed by atoms with Crippen molar-refractivity contribution >= 4 is 5.91 Å². The average molecular weight is 247 g/mol. The second-order valence-electron chi connectivity index (χ2n) is 4.83. The Morgan fingerprint density at radius 2 is 2.56 bits per heavy atom. The Morgan fingerprint density at radius 3 is 3.33 bits per heavy atom. The Hall–Kier alpha value is -1.46. The molecular formula is C13H17N3O2. The number of rotatable bonds is 3. The fourth-order valence-electron chi connectivity index (χ4n) is 2.61. The molecule has 1 aromatic heterocycles. The van der Waals surface area contributed by atoms with Crippen molar-refractivity contribution in [2.75, 3.05) is 6.54 Å². The molecule has 1 aromatic rings. The molecule has 5 nitrogen and oxygen atoms in total. The van der Waals surface area contributed by atoms with Crippen molar-refractivity contribution in [3.63, 3.8) is 0 Å². The van der Waals surface area contributed by atoms with Crippen molar-refractivity contribution in [2.24, 2.45) is 0 Å². The number of amides is 1. The maximum absolute atomic E-state index is 12.0. The minimum atomic E-state index is -0.301. The summed E-state index contributed by atoms with van der Waals surface area (Å²) in [7, 11) is 0. The van der Waals surface area contributed by atoms with Crippen LogP contribution in [-0.2, 0) is 16.1 Å². The summed E-state index contributed by atoms with van der Waals surface area (Å²) in [6.07, 6.45) is 5.19. The number of carbonyl (C=O) groups excluding carboxylic acids is 1. The summed E-state index contributed by atoms with van der Waals surface area (Å²) in [5.41, 5.74) is 1.00. The van der Waals surface area contributed by atoms with Crippen LogP contribution in [0.2, 0.25) is 0 Å². The van der Waals surface area contributed by atoms with Gasteiger partial charge < -0.3 is 15.4 Å². The topological polar surface area (TPSA) is 63.2 Å². The van der Waals surface area contributed by atoms with E-state index in [1.807, 2.05) is 12.1 Å². The van der Waals surface area contributed by atoms with E-state index in [2.05, 4.69) is 15.6 Å². The Labute approximate surface area is 106 Å². The zero-order chi connectivity index (χ0) is 12.4. The highest BCUT2D eigenvalue weighted by Crippen LogP contribution is 2.26. The van der Waals surface area contributed by atoms with E-state index in [9.17, 15) is 4.79 Å². The second kappa shape index (κ2) is 5.04. The van der Waals surface area contributed by atoms with Gasteiger partial charge in [0, 0.05) is 31.4 Å². The first-order valence-corrected chi connectivity index (χ1v) is 6.38. The van der Waals surface area contributed by atoms with Crippen LogP contribution in [0, 0.1) is 0 Å². The smallest absolute Gasteiger partial charge is 0.249 e. The predicted octanol–water partition coefficient (Wildman–Crippen LogP) is 0.217. The highest BCUT2D eigenvalue weighted by Gasteiger charge is 2.41. The summed E-state index contributed by atoms with van der Waals surface area (Å²) < 4.78 is 5.75. The first-order chi connectivity index (χ1) is 8.83. The molecular weight excluding hydrogens is 230 g/mol. The molecule has 0 radical (unpaired) electrons. The number of ether oxygens (including phenoxy) is 1. The standard InChI is InChI=1S/C13H17N3O2/c17-13(16-8-9-2-1-4-14-7-9)12-6-10-11(18-12)3-5-15-10/h1-2,4,7,10-12,15H,3,5-6,8H2,(H,16,17)/t10-,11-,12+/m1/s1. The molecule has 0 saturated carbocycles. The highest BCUT2D eigenvalue weighted by atomic mass is 16.5. The Kier molecular flexibility index (Phi) is 3.25. The van der Waals surface area contributed by atoms with Gasteiger partial charge >= 0.3 is 0 Å². The number of hydrogen-bond acceptors (Lipinski definition) is 4. The lowest BCUT2D eigenvalue weighted by Gasteiger charge is -2.12. The third-order valence-corrected chi connectivity index (χ3v) is 3.57. The summed E-state index contributed by atoms with van der Waals surface area (Å²) in [6.45, 7) is 1.51. The lowest BCUT2D eigenvalue weighted by molar-refractivity contribution is -0.132. The van der Waals surface area contributed by atoms with Gasteiger partial charge in [0.2, 0.25) is 5.91 Å². The number of nitrogens with zero attached hydrogens (tertiary/aromatic N) is 1. The second-order valence-corrected chi connectivity index (χ2v) is 4.83. The molecule has 2 N–H and O–H groups in total. The summed E-state index contributed by atoms with van der Waals surface area (Å²) in [5.74, 6) is -0.0185. The van der Waals surface area contributed by atoms with Crippen LogP contribution in [0.25, 0.3) is 0 Å². The third-order valence-electron chi connectivity index (χ3n) is 3.57. The van der Waals surface area contributed by atoms with Crippen LogP contribution in [0.4, 0.5) is 0 Å². The molecule has 3 rings (SSSR count). The van der Waals surface area contributed by atoms with Crippen LogP contribution in [0.5, 0.6) is 0 Å². The van der Waals surface area contributed by atoms with E-state index in [0.29, 0.717) is 12.6 Å².